The Morgan fingerprint density at radius 3 is 2.02 bits per heavy atom. The second kappa shape index (κ2) is 10.2. The molecule has 45 heavy (non-hydrogen) atoms. The monoisotopic (exact) mass is 594 g/mol. The van der Waals surface area contributed by atoms with Crippen molar-refractivity contribution in [2.75, 3.05) is 10.1 Å². The minimum absolute atomic E-state index is 0.0259. The zero-order valence-electron chi connectivity index (χ0n) is 27.6. The average Bonchev–Trinajstić information content (AvgIpc) is 3.57. The van der Waals surface area contributed by atoms with Crippen LogP contribution in [0.4, 0.5) is 17.1 Å². The van der Waals surface area contributed by atoms with E-state index in [9.17, 15) is 0 Å². The van der Waals surface area contributed by atoms with Crippen LogP contribution in [0.3, 0.4) is 0 Å². The van der Waals surface area contributed by atoms with Crippen LogP contribution in [-0.2, 0) is 15.8 Å². The van der Waals surface area contributed by atoms with E-state index in [0.29, 0.717) is 0 Å². The van der Waals surface area contributed by atoms with Crippen LogP contribution in [0.25, 0.3) is 27.6 Å². The van der Waals surface area contributed by atoms with E-state index in [0.717, 1.165) is 33.9 Å². The normalized spacial score (nSPS) is 14.0. The second-order valence-electron chi connectivity index (χ2n) is 14.7. The first-order chi connectivity index (χ1) is 21.3. The molecule has 6 aromatic rings. The van der Waals surface area contributed by atoms with Crippen molar-refractivity contribution in [2.45, 2.75) is 71.8 Å². The number of hydrogen-bond acceptors (Lipinski definition) is 4. The van der Waals surface area contributed by atoms with Gasteiger partial charge in [0, 0.05) is 22.4 Å². The first-order valence-corrected chi connectivity index (χ1v) is 15.8. The number of anilines is 3. The summed E-state index contributed by atoms with van der Waals surface area (Å²) < 4.78 is 2.33. The van der Waals surface area contributed by atoms with Gasteiger partial charge in [-0.2, -0.15) is 5.06 Å². The largest absolute Gasteiger partial charge is 0.294 e. The van der Waals surface area contributed by atoms with Crippen LogP contribution in [0.2, 0.25) is 0 Å². The third kappa shape index (κ3) is 4.87. The molecule has 0 amide bonds. The van der Waals surface area contributed by atoms with Gasteiger partial charge in [-0.3, -0.25) is 4.57 Å². The molecule has 0 N–H and O–H groups in total. The minimum Gasteiger partial charge on any atom is -0.294 e. The quantitative estimate of drug-likeness (QED) is 0.203. The van der Waals surface area contributed by atoms with Crippen LogP contribution in [0, 0.1) is 0 Å². The number of aromatic nitrogens is 2. The van der Waals surface area contributed by atoms with Crippen molar-refractivity contribution in [3.05, 3.63) is 126 Å². The van der Waals surface area contributed by atoms with Crippen LogP contribution in [-0.4, -0.2) is 15.1 Å². The third-order valence-electron chi connectivity index (χ3n) is 9.13. The first kappa shape index (κ1) is 29.1. The van der Waals surface area contributed by atoms with E-state index in [4.69, 9.17) is 9.92 Å². The molecule has 4 aromatic carbocycles. The van der Waals surface area contributed by atoms with Crippen molar-refractivity contribution < 1.29 is 4.94 Å². The zero-order valence-corrected chi connectivity index (χ0v) is 27.6. The fourth-order valence-electron chi connectivity index (χ4n) is 6.45. The first-order valence-electron chi connectivity index (χ1n) is 15.8. The molecule has 228 valence electrons. The molecule has 0 radical (unpaired) electrons. The highest BCUT2D eigenvalue weighted by atomic mass is 16.8. The van der Waals surface area contributed by atoms with E-state index in [1.807, 2.05) is 16.3 Å². The molecule has 0 spiro atoms. The summed E-state index contributed by atoms with van der Waals surface area (Å²) in [6, 6.07) is 37.0. The van der Waals surface area contributed by atoms with Gasteiger partial charge in [-0.1, -0.05) is 89.2 Å². The highest BCUT2D eigenvalue weighted by Gasteiger charge is 2.36. The maximum absolute atomic E-state index is 6.50. The lowest BCUT2D eigenvalue weighted by molar-refractivity contribution is 0.0842. The Kier molecular flexibility index (Phi) is 6.61. The van der Waals surface area contributed by atoms with Gasteiger partial charge in [0.15, 0.2) is 0 Å². The molecule has 0 bridgehead atoms. The second-order valence-corrected chi connectivity index (χ2v) is 14.7. The summed E-state index contributed by atoms with van der Waals surface area (Å²) in [4.78, 5) is 11.4. The summed E-state index contributed by atoms with van der Waals surface area (Å²) in [5, 5.41) is 6.41. The molecule has 7 rings (SSSR count). The summed E-state index contributed by atoms with van der Waals surface area (Å²) in [5.74, 6) is 0.943. The van der Waals surface area contributed by atoms with Crippen LogP contribution in [0.1, 0.15) is 72.1 Å². The Morgan fingerprint density at radius 2 is 1.27 bits per heavy atom. The van der Waals surface area contributed by atoms with Crippen molar-refractivity contribution in [2.24, 2.45) is 0 Å². The molecule has 5 nitrogen and oxygen atoms in total. The zero-order chi connectivity index (χ0) is 31.7. The Labute approximate surface area is 266 Å². The number of hydroxylamine groups is 1. The van der Waals surface area contributed by atoms with Gasteiger partial charge in [-0.05, 0) is 91.4 Å². The summed E-state index contributed by atoms with van der Waals surface area (Å²) in [7, 11) is 0. The maximum Gasteiger partial charge on any atom is 0.137 e. The van der Waals surface area contributed by atoms with E-state index < -0.39 is 0 Å². The molecular formula is C40H42N4O. The molecule has 0 saturated carbocycles. The molecule has 2 aromatic heterocycles. The summed E-state index contributed by atoms with van der Waals surface area (Å²) in [6.07, 6.45) is 1.94. The van der Waals surface area contributed by atoms with E-state index >= 15 is 0 Å². The van der Waals surface area contributed by atoms with Crippen molar-refractivity contribution in [3.8, 4) is 5.82 Å². The summed E-state index contributed by atoms with van der Waals surface area (Å²) in [5.41, 5.74) is 8.69. The number of nitrogens with zero attached hydrogens (tertiary/aromatic N) is 4. The predicted octanol–water partition coefficient (Wildman–Crippen LogP) is 10.4. The third-order valence-corrected chi connectivity index (χ3v) is 9.13. The summed E-state index contributed by atoms with van der Waals surface area (Å²) in [6.45, 7) is 17.8. The lowest BCUT2D eigenvalue weighted by Crippen LogP contribution is -2.41. The molecule has 1 aliphatic heterocycles. The van der Waals surface area contributed by atoms with Gasteiger partial charge < -0.3 is 0 Å². The van der Waals surface area contributed by atoms with Crippen LogP contribution >= 0.6 is 0 Å². The van der Waals surface area contributed by atoms with E-state index in [-0.39, 0.29) is 16.4 Å². The van der Waals surface area contributed by atoms with E-state index in [1.165, 1.54) is 27.5 Å². The van der Waals surface area contributed by atoms with Gasteiger partial charge in [0.05, 0.1) is 33.6 Å². The van der Waals surface area contributed by atoms with Crippen molar-refractivity contribution >= 4 is 38.9 Å². The smallest absolute Gasteiger partial charge is 0.137 e. The van der Waals surface area contributed by atoms with Gasteiger partial charge >= 0.3 is 0 Å². The molecule has 0 atom stereocenters. The van der Waals surface area contributed by atoms with Gasteiger partial charge in [0.1, 0.15) is 5.82 Å². The standard InChI is InChI=1S/C40H42N4O/c1-38(2,3)27-22-23-41-37(26-27)42-33-17-10-9-16-31(33)32-21-20-29(25-36(32)42)40(7,8)28-14-13-15-30(24-28)43-34-18-11-12-19-35(34)44(45-43)39(4,5)6/h9-26H,1-8H3. The van der Waals surface area contributed by atoms with Gasteiger partial charge in [-0.25, -0.2) is 10.0 Å². The predicted molar refractivity (Wildman–Crippen MR) is 188 cm³/mol. The number of rotatable bonds is 4. The Hall–Kier alpha value is -4.61. The highest BCUT2D eigenvalue weighted by Crippen LogP contribution is 2.45. The maximum atomic E-state index is 6.50. The van der Waals surface area contributed by atoms with Crippen LogP contribution < -0.4 is 10.1 Å². The molecule has 0 fully saturated rings. The molecule has 1 aliphatic rings. The number of benzene rings is 4. The van der Waals surface area contributed by atoms with Crippen LogP contribution in [0.5, 0.6) is 0 Å². The van der Waals surface area contributed by atoms with E-state index in [1.54, 1.807) is 0 Å². The fourth-order valence-corrected chi connectivity index (χ4v) is 6.45. The number of hydrogen-bond donors (Lipinski definition) is 0. The molecular weight excluding hydrogens is 552 g/mol. The van der Waals surface area contributed by atoms with Crippen molar-refractivity contribution in [1.82, 2.24) is 9.55 Å². The summed E-state index contributed by atoms with van der Waals surface area (Å²) >= 11 is 0. The molecule has 0 aliphatic carbocycles. The Balaban J connectivity index is 1.34. The highest BCUT2D eigenvalue weighted by molar-refractivity contribution is 6.09. The lowest BCUT2D eigenvalue weighted by atomic mass is 9.77. The molecule has 0 unspecified atom stereocenters. The van der Waals surface area contributed by atoms with Gasteiger partial charge in [0.2, 0.25) is 0 Å². The van der Waals surface area contributed by atoms with E-state index in [2.05, 4.69) is 163 Å². The number of fused-ring (bicyclic) bond motifs is 4. The van der Waals surface area contributed by atoms with Crippen molar-refractivity contribution in [3.63, 3.8) is 0 Å². The van der Waals surface area contributed by atoms with Gasteiger partial charge in [0.25, 0.3) is 0 Å². The Morgan fingerprint density at radius 1 is 0.578 bits per heavy atom. The molecule has 3 heterocycles. The minimum atomic E-state index is -0.283. The molecule has 5 heteroatoms. The average molecular weight is 595 g/mol. The van der Waals surface area contributed by atoms with Crippen molar-refractivity contribution in [1.29, 1.82) is 0 Å². The van der Waals surface area contributed by atoms with Crippen LogP contribution in [0.15, 0.2) is 109 Å². The SMILES string of the molecule is CC(C)(C)c1ccnc(-n2c3ccccc3c3ccc(C(C)(C)c4cccc(N5ON(C(C)(C)C)c6ccccc65)c4)cc32)c1. The van der Waals surface area contributed by atoms with Gasteiger partial charge in [-0.15, -0.1) is 4.94 Å². The topological polar surface area (TPSA) is 33.5 Å². The molecule has 0 saturated heterocycles. The fraction of sp³-hybridized carbons (Fsp3) is 0.275. The number of para-hydroxylation sites is 3. The number of pyridine rings is 1. The Bertz CT molecular complexity index is 2060. The lowest BCUT2D eigenvalue weighted by Gasteiger charge is -2.32.